The molecule has 0 heterocycles. The quantitative estimate of drug-likeness (QED) is 0.725. The van der Waals surface area contributed by atoms with Gasteiger partial charge < -0.3 is 20.1 Å². The molecule has 2 aromatic carbocycles. The van der Waals surface area contributed by atoms with Crippen LogP contribution in [0.3, 0.4) is 0 Å². The van der Waals surface area contributed by atoms with Crippen molar-refractivity contribution in [3.8, 4) is 0 Å². The second-order valence-electron chi connectivity index (χ2n) is 5.86. The number of amides is 2. The van der Waals surface area contributed by atoms with Gasteiger partial charge in [0.25, 0.3) is 0 Å². The first-order chi connectivity index (χ1) is 12.9. The molecule has 0 aliphatic rings. The molecule has 2 amide bonds. The molecule has 142 valence electrons. The largest absolute Gasteiger partial charge is 0.465 e. The molecule has 0 spiro atoms. The van der Waals surface area contributed by atoms with E-state index >= 15 is 0 Å². The summed E-state index contributed by atoms with van der Waals surface area (Å²) in [5.41, 5.74) is 1.62. The molecule has 0 aliphatic heterocycles. The number of para-hydroxylation sites is 1. The van der Waals surface area contributed by atoms with E-state index in [2.05, 4.69) is 5.32 Å². The average molecular weight is 372 g/mol. The molecule has 0 aliphatic carbocycles. The van der Waals surface area contributed by atoms with Crippen LogP contribution in [0.2, 0.25) is 0 Å². The number of methoxy groups -OCH3 is 1. The van der Waals surface area contributed by atoms with Crippen molar-refractivity contribution in [3.63, 3.8) is 0 Å². The Morgan fingerprint density at radius 1 is 1.26 bits per heavy atom. The smallest absolute Gasteiger partial charge is 0.407 e. The summed E-state index contributed by atoms with van der Waals surface area (Å²) >= 11 is 0. The third-order valence-electron chi connectivity index (χ3n) is 3.89. The Morgan fingerprint density at radius 3 is 2.67 bits per heavy atom. The molecule has 0 saturated heterocycles. The molecular formula is C20H21FN2O4. The van der Waals surface area contributed by atoms with Crippen LogP contribution >= 0.6 is 0 Å². The van der Waals surface area contributed by atoms with Crippen LogP contribution in [0.1, 0.15) is 17.2 Å². The highest BCUT2D eigenvalue weighted by molar-refractivity contribution is 6.01. The minimum Gasteiger partial charge on any atom is -0.465 e. The van der Waals surface area contributed by atoms with Crippen LogP contribution in [-0.2, 0) is 9.53 Å². The number of hydrogen-bond donors (Lipinski definition) is 2. The lowest BCUT2D eigenvalue weighted by Gasteiger charge is -2.21. The van der Waals surface area contributed by atoms with Gasteiger partial charge in [-0.3, -0.25) is 4.79 Å². The van der Waals surface area contributed by atoms with E-state index in [0.717, 1.165) is 16.0 Å². The highest BCUT2D eigenvalue weighted by Gasteiger charge is 2.16. The molecule has 1 unspecified atom stereocenters. The third kappa shape index (κ3) is 5.93. The first-order valence-corrected chi connectivity index (χ1v) is 8.21. The molecule has 2 rings (SSSR count). The van der Waals surface area contributed by atoms with E-state index in [1.165, 1.54) is 32.4 Å². The summed E-state index contributed by atoms with van der Waals surface area (Å²) in [7, 11) is 2.97. The Bertz CT molecular complexity index is 838. The highest BCUT2D eigenvalue weighted by atomic mass is 19.1. The number of anilines is 1. The summed E-state index contributed by atoms with van der Waals surface area (Å²) in [6.07, 6.45) is 1.41. The normalized spacial score (nSPS) is 12.0. The molecule has 2 aromatic rings. The second kappa shape index (κ2) is 9.49. The van der Waals surface area contributed by atoms with Gasteiger partial charge in [0, 0.05) is 20.2 Å². The predicted octanol–water partition coefficient (Wildman–Crippen LogP) is 3.77. The zero-order valence-corrected chi connectivity index (χ0v) is 15.1. The van der Waals surface area contributed by atoms with E-state index in [1.54, 1.807) is 36.4 Å². The monoisotopic (exact) mass is 372 g/mol. The number of rotatable bonds is 7. The van der Waals surface area contributed by atoms with E-state index in [1.807, 2.05) is 6.07 Å². The molecule has 7 heteroatoms. The van der Waals surface area contributed by atoms with E-state index in [9.17, 15) is 14.0 Å². The molecule has 0 aromatic heterocycles. The number of carboxylic acid groups (broad SMARTS) is 1. The predicted molar refractivity (Wildman–Crippen MR) is 101 cm³/mol. The lowest BCUT2D eigenvalue weighted by atomic mass is 10.1. The number of carbonyl (C=O) groups excluding carboxylic acids is 1. The third-order valence-corrected chi connectivity index (χ3v) is 3.89. The molecule has 0 saturated carbocycles. The van der Waals surface area contributed by atoms with E-state index < -0.39 is 23.9 Å². The van der Waals surface area contributed by atoms with Crippen molar-refractivity contribution in [2.45, 2.75) is 6.10 Å². The minimum atomic E-state index is -1.04. The maximum absolute atomic E-state index is 13.6. The van der Waals surface area contributed by atoms with Gasteiger partial charge in [-0.2, -0.15) is 0 Å². The number of nitrogens with zero attached hydrogens (tertiary/aromatic N) is 1. The number of carbonyl (C=O) groups is 2. The summed E-state index contributed by atoms with van der Waals surface area (Å²) in [5, 5.41) is 11.5. The number of ether oxygens (including phenoxy) is 1. The second-order valence-corrected chi connectivity index (χ2v) is 5.86. The number of hydrogen-bond acceptors (Lipinski definition) is 3. The fourth-order valence-electron chi connectivity index (χ4n) is 2.41. The fraction of sp³-hybridized carbons (Fsp3) is 0.200. The van der Waals surface area contributed by atoms with Gasteiger partial charge in [0.1, 0.15) is 5.82 Å². The zero-order chi connectivity index (χ0) is 19.8. The van der Waals surface area contributed by atoms with Gasteiger partial charge >= 0.3 is 6.09 Å². The molecule has 1 atom stereocenters. The summed E-state index contributed by atoms with van der Waals surface area (Å²) in [5.74, 6) is -0.967. The molecule has 0 radical (unpaired) electrons. The maximum atomic E-state index is 13.6. The van der Waals surface area contributed by atoms with Gasteiger partial charge in [0.05, 0.1) is 18.3 Å². The topological polar surface area (TPSA) is 78.9 Å². The molecule has 0 fully saturated rings. The minimum absolute atomic E-state index is 0.108. The Kier molecular flexibility index (Phi) is 7.08. The number of nitrogens with one attached hydrogen (secondary N) is 1. The molecule has 2 N–H and O–H groups in total. The molecule has 6 nitrogen and oxygen atoms in total. The van der Waals surface area contributed by atoms with Crippen molar-refractivity contribution >= 4 is 23.8 Å². The van der Waals surface area contributed by atoms with E-state index in [-0.39, 0.29) is 12.2 Å². The summed E-state index contributed by atoms with van der Waals surface area (Å²) in [4.78, 5) is 24.1. The Hall–Kier alpha value is -3.19. The van der Waals surface area contributed by atoms with E-state index in [4.69, 9.17) is 9.84 Å². The van der Waals surface area contributed by atoms with Gasteiger partial charge in [-0.15, -0.1) is 0 Å². The van der Waals surface area contributed by atoms with Crippen LogP contribution in [0.15, 0.2) is 54.6 Å². The summed E-state index contributed by atoms with van der Waals surface area (Å²) in [6, 6.07) is 13.1. The summed E-state index contributed by atoms with van der Waals surface area (Å²) < 4.78 is 18.9. The van der Waals surface area contributed by atoms with Gasteiger partial charge in [-0.05, 0) is 35.4 Å². The van der Waals surface area contributed by atoms with Crippen molar-refractivity contribution in [1.29, 1.82) is 0 Å². The van der Waals surface area contributed by atoms with Crippen molar-refractivity contribution in [2.75, 3.05) is 26.0 Å². The van der Waals surface area contributed by atoms with Crippen LogP contribution in [-0.4, -0.2) is 42.7 Å². The van der Waals surface area contributed by atoms with Crippen LogP contribution in [0, 0.1) is 5.82 Å². The fourth-order valence-corrected chi connectivity index (χ4v) is 2.41. The maximum Gasteiger partial charge on any atom is 0.407 e. The van der Waals surface area contributed by atoms with Crippen molar-refractivity contribution in [3.05, 3.63) is 71.6 Å². The van der Waals surface area contributed by atoms with E-state index in [0.29, 0.717) is 0 Å². The SMILES string of the molecule is COC(CN(C)C(=O)O)c1cccc(C=CC(=O)Nc2ccccc2F)c1. The highest BCUT2D eigenvalue weighted by Crippen LogP contribution is 2.20. The van der Waals surface area contributed by atoms with Gasteiger partial charge in [-0.25, -0.2) is 9.18 Å². The lowest BCUT2D eigenvalue weighted by Crippen LogP contribution is -2.30. The van der Waals surface area contributed by atoms with Crippen LogP contribution < -0.4 is 5.32 Å². The van der Waals surface area contributed by atoms with Gasteiger partial charge in [0.15, 0.2) is 0 Å². The van der Waals surface area contributed by atoms with Crippen molar-refractivity contribution < 1.29 is 23.8 Å². The first kappa shape index (κ1) is 20.1. The average Bonchev–Trinajstić information content (AvgIpc) is 2.66. The Balaban J connectivity index is 2.07. The van der Waals surface area contributed by atoms with Crippen LogP contribution in [0.5, 0.6) is 0 Å². The van der Waals surface area contributed by atoms with Crippen LogP contribution in [0.4, 0.5) is 14.9 Å². The Morgan fingerprint density at radius 2 is 2.00 bits per heavy atom. The van der Waals surface area contributed by atoms with Gasteiger partial charge in [0.2, 0.25) is 5.91 Å². The number of likely N-dealkylation sites (N-methyl/N-ethyl adjacent to an activating group) is 1. The molecule has 27 heavy (non-hydrogen) atoms. The van der Waals surface area contributed by atoms with Gasteiger partial charge in [-0.1, -0.05) is 30.3 Å². The first-order valence-electron chi connectivity index (χ1n) is 8.21. The zero-order valence-electron chi connectivity index (χ0n) is 15.1. The Labute approximate surface area is 156 Å². The van der Waals surface area contributed by atoms with Crippen molar-refractivity contribution in [1.82, 2.24) is 4.90 Å². The van der Waals surface area contributed by atoms with Crippen LogP contribution in [0.25, 0.3) is 6.08 Å². The lowest BCUT2D eigenvalue weighted by molar-refractivity contribution is -0.111. The molecule has 0 bridgehead atoms. The summed E-state index contributed by atoms with van der Waals surface area (Å²) in [6.45, 7) is 0.173. The molecular weight excluding hydrogens is 351 g/mol. The van der Waals surface area contributed by atoms with Crippen molar-refractivity contribution in [2.24, 2.45) is 0 Å². The number of benzene rings is 2. The number of halogens is 1. The standard InChI is InChI=1S/C20H21FN2O4/c1-23(20(25)26)13-18(27-2)15-7-5-6-14(12-15)10-11-19(24)22-17-9-4-3-8-16(17)21/h3-12,18H,13H2,1-2H3,(H,22,24)(H,25,26).